The molecule has 0 aliphatic carbocycles. The molecule has 1 saturated heterocycles. The highest BCUT2D eigenvalue weighted by Crippen LogP contribution is 2.21. The highest BCUT2D eigenvalue weighted by Gasteiger charge is 2.10. The Morgan fingerprint density at radius 2 is 1.65 bits per heavy atom. The van der Waals surface area contributed by atoms with Crippen molar-refractivity contribution in [3.8, 4) is 0 Å². The van der Waals surface area contributed by atoms with E-state index < -0.39 is 6.03 Å². The summed E-state index contributed by atoms with van der Waals surface area (Å²) in [5.41, 5.74) is 12.8. The molecule has 108 valence electrons. The third-order valence-corrected chi connectivity index (χ3v) is 3.52. The van der Waals surface area contributed by atoms with Gasteiger partial charge in [-0.3, -0.25) is 10.9 Å². The van der Waals surface area contributed by atoms with Gasteiger partial charge in [0.25, 0.3) is 0 Å². The van der Waals surface area contributed by atoms with Gasteiger partial charge < -0.3 is 10.6 Å². The molecule has 0 saturated carbocycles. The van der Waals surface area contributed by atoms with Crippen molar-refractivity contribution in [2.24, 2.45) is 5.73 Å². The van der Waals surface area contributed by atoms with Crippen molar-refractivity contribution in [1.29, 1.82) is 0 Å². The molecule has 0 unspecified atom stereocenters. The molecule has 20 heavy (non-hydrogen) atoms. The molecule has 0 radical (unpaired) electrons. The number of nitrogens with one attached hydrogen (secondary N) is 2. The molecule has 5 nitrogen and oxygen atoms in total. The second kappa shape index (κ2) is 6.84. The van der Waals surface area contributed by atoms with Crippen LogP contribution in [0.1, 0.15) is 31.2 Å². The van der Waals surface area contributed by atoms with Crippen LogP contribution in [0, 0.1) is 0 Å². The first kappa shape index (κ1) is 14.2. The summed E-state index contributed by atoms with van der Waals surface area (Å²) in [6, 6.07) is 7.55. The number of nitrogens with zero attached hydrogens (tertiary/aromatic N) is 1. The van der Waals surface area contributed by atoms with Crippen LogP contribution in [0.3, 0.4) is 0 Å². The number of anilines is 1. The Hall–Kier alpha value is -2.17. The van der Waals surface area contributed by atoms with Crippen LogP contribution in [-0.2, 0) is 0 Å². The predicted octanol–water partition coefficient (Wildman–Crippen LogP) is 2.21. The van der Waals surface area contributed by atoms with Crippen molar-refractivity contribution in [2.45, 2.75) is 25.7 Å². The fourth-order valence-electron chi connectivity index (χ4n) is 2.41. The molecule has 2 amide bonds. The van der Waals surface area contributed by atoms with Crippen molar-refractivity contribution < 1.29 is 4.79 Å². The Morgan fingerprint density at radius 3 is 2.20 bits per heavy atom. The van der Waals surface area contributed by atoms with Gasteiger partial charge >= 0.3 is 6.03 Å². The third kappa shape index (κ3) is 3.91. The molecule has 5 heteroatoms. The number of benzene rings is 1. The number of carbonyl (C=O) groups is 1. The molecule has 2 rings (SSSR count). The zero-order valence-electron chi connectivity index (χ0n) is 11.7. The van der Waals surface area contributed by atoms with Gasteiger partial charge in [0.2, 0.25) is 0 Å². The standard InChI is InChI=1S/C15H22N4O/c1-12(17-18-15(16)20)13-6-8-14(9-7-13)19-10-4-2-3-5-11-19/h6-9,17H,1-5,10-11H2,(H3,16,18,20). The first-order valence-corrected chi connectivity index (χ1v) is 7.02. The lowest BCUT2D eigenvalue weighted by Crippen LogP contribution is -2.39. The number of nitrogens with two attached hydrogens (primary N) is 1. The molecule has 1 aromatic carbocycles. The van der Waals surface area contributed by atoms with Crippen molar-refractivity contribution in [3.63, 3.8) is 0 Å². The monoisotopic (exact) mass is 274 g/mol. The zero-order valence-corrected chi connectivity index (χ0v) is 11.7. The quantitative estimate of drug-likeness (QED) is 0.737. The first-order chi connectivity index (χ1) is 9.66. The molecular weight excluding hydrogens is 252 g/mol. The summed E-state index contributed by atoms with van der Waals surface area (Å²) in [6.07, 6.45) is 5.18. The van der Waals surface area contributed by atoms with E-state index in [1.165, 1.54) is 31.4 Å². The Bertz CT molecular complexity index is 461. The van der Waals surface area contributed by atoms with Crippen LogP contribution in [0.2, 0.25) is 0 Å². The molecule has 0 spiro atoms. The highest BCUT2D eigenvalue weighted by atomic mass is 16.2. The van der Waals surface area contributed by atoms with E-state index >= 15 is 0 Å². The van der Waals surface area contributed by atoms with E-state index in [0.29, 0.717) is 5.70 Å². The van der Waals surface area contributed by atoms with Crippen molar-refractivity contribution in [2.75, 3.05) is 18.0 Å². The molecule has 1 aliphatic rings. The van der Waals surface area contributed by atoms with Gasteiger partial charge in [0, 0.05) is 18.8 Å². The predicted molar refractivity (Wildman–Crippen MR) is 82.0 cm³/mol. The fourth-order valence-corrected chi connectivity index (χ4v) is 2.41. The van der Waals surface area contributed by atoms with E-state index in [1.807, 2.05) is 12.1 Å². The second-order valence-electron chi connectivity index (χ2n) is 5.04. The molecule has 1 fully saturated rings. The van der Waals surface area contributed by atoms with E-state index in [0.717, 1.165) is 18.7 Å². The summed E-state index contributed by atoms with van der Waals surface area (Å²) in [6.45, 7) is 6.11. The highest BCUT2D eigenvalue weighted by molar-refractivity contribution is 5.73. The van der Waals surface area contributed by atoms with Gasteiger partial charge in [0.05, 0.1) is 5.70 Å². The Kier molecular flexibility index (Phi) is 4.87. The minimum atomic E-state index is -0.632. The van der Waals surface area contributed by atoms with Gasteiger partial charge in [-0.2, -0.15) is 0 Å². The maximum atomic E-state index is 10.6. The molecule has 1 aromatic rings. The Balaban J connectivity index is 1.98. The van der Waals surface area contributed by atoms with Crippen LogP contribution in [0.15, 0.2) is 30.8 Å². The van der Waals surface area contributed by atoms with Gasteiger partial charge in [-0.15, -0.1) is 0 Å². The number of hydrogen-bond donors (Lipinski definition) is 3. The summed E-state index contributed by atoms with van der Waals surface area (Å²) in [4.78, 5) is 13.1. The van der Waals surface area contributed by atoms with Crippen molar-refractivity contribution >= 4 is 17.4 Å². The maximum Gasteiger partial charge on any atom is 0.330 e. The average molecular weight is 274 g/mol. The minimum absolute atomic E-state index is 0.617. The molecule has 0 bridgehead atoms. The van der Waals surface area contributed by atoms with Crippen LogP contribution in [0.4, 0.5) is 10.5 Å². The summed E-state index contributed by atoms with van der Waals surface area (Å²) in [7, 11) is 0. The zero-order chi connectivity index (χ0) is 14.4. The number of carbonyl (C=O) groups excluding carboxylic acids is 1. The SMILES string of the molecule is C=C(NNC(N)=O)c1ccc(N2CCCCCC2)cc1. The largest absolute Gasteiger partial charge is 0.372 e. The summed E-state index contributed by atoms with van der Waals surface area (Å²) in [5, 5.41) is 0. The van der Waals surface area contributed by atoms with E-state index in [2.05, 4.69) is 34.5 Å². The summed E-state index contributed by atoms with van der Waals surface area (Å²) >= 11 is 0. The van der Waals surface area contributed by atoms with Gasteiger partial charge in [0.1, 0.15) is 0 Å². The van der Waals surface area contributed by atoms with Gasteiger partial charge in [0.15, 0.2) is 0 Å². The van der Waals surface area contributed by atoms with Crippen LogP contribution in [0.5, 0.6) is 0 Å². The summed E-state index contributed by atoms with van der Waals surface area (Å²) in [5.74, 6) is 0. The van der Waals surface area contributed by atoms with E-state index in [1.54, 1.807) is 0 Å². The fraction of sp³-hybridized carbons (Fsp3) is 0.400. The molecule has 0 atom stereocenters. The molecule has 1 aliphatic heterocycles. The normalized spacial score (nSPS) is 15.3. The van der Waals surface area contributed by atoms with Crippen LogP contribution in [0.25, 0.3) is 5.70 Å². The lowest BCUT2D eigenvalue weighted by atomic mass is 10.1. The summed E-state index contributed by atoms with van der Waals surface area (Å²) < 4.78 is 0. The number of amides is 2. The second-order valence-corrected chi connectivity index (χ2v) is 5.04. The molecular formula is C15H22N4O. The third-order valence-electron chi connectivity index (χ3n) is 3.52. The Labute approximate surface area is 119 Å². The first-order valence-electron chi connectivity index (χ1n) is 7.02. The average Bonchev–Trinajstić information content (AvgIpc) is 2.74. The lowest BCUT2D eigenvalue weighted by molar-refractivity contribution is 0.247. The van der Waals surface area contributed by atoms with Crippen LogP contribution in [-0.4, -0.2) is 19.1 Å². The van der Waals surface area contributed by atoms with Gasteiger partial charge in [-0.05, 0) is 30.5 Å². The Morgan fingerprint density at radius 1 is 1.05 bits per heavy atom. The minimum Gasteiger partial charge on any atom is -0.372 e. The number of hydrogen-bond acceptors (Lipinski definition) is 3. The molecule has 4 N–H and O–H groups in total. The number of rotatable bonds is 4. The van der Waals surface area contributed by atoms with E-state index in [-0.39, 0.29) is 0 Å². The molecule has 0 aromatic heterocycles. The van der Waals surface area contributed by atoms with Gasteiger partial charge in [-0.25, -0.2) is 4.79 Å². The topological polar surface area (TPSA) is 70.4 Å². The van der Waals surface area contributed by atoms with Crippen molar-refractivity contribution in [1.82, 2.24) is 10.9 Å². The number of primary amides is 1. The van der Waals surface area contributed by atoms with E-state index in [9.17, 15) is 4.79 Å². The number of urea groups is 1. The van der Waals surface area contributed by atoms with E-state index in [4.69, 9.17) is 5.73 Å². The molecule has 1 heterocycles. The van der Waals surface area contributed by atoms with Crippen LogP contribution >= 0.6 is 0 Å². The van der Waals surface area contributed by atoms with Crippen LogP contribution < -0.4 is 21.5 Å². The van der Waals surface area contributed by atoms with Gasteiger partial charge in [-0.1, -0.05) is 31.6 Å². The maximum absolute atomic E-state index is 10.6. The van der Waals surface area contributed by atoms with Crippen molar-refractivity contribution in [3.05, 3.63) is 36.4 Å². The number of hydrazine groups is 1. The lowest BCUT2D eigenvalue weighted by Gasteiger charge is -2.23. The smallest absolute Gasteiger partial charge is 0.330 e.